The zero-order chi connectivity index (χ0) is 22.8. The highest BCUT2D eigenvalue weighted by atomic mass is 35.5. The van der Waals surface area contributed by atoms with Crippen molar-refractivity contribution in [3.05, 3.63) is 52.5 Å². The topological polar surface area (TPSA) is 76.2 Å². The van der Waals surface area contributed by atoms with Gasteiger partial charge in [0.15, 0.2) is 0 Å². The molecule has 168 valence electrons. The van der Waals surface area contributed by atoms with E-state index in [1.54, 1.807) is 29.2 Å². The van der Waals surface area contributed by atoms with Gasteiger partial charge in [-0.1, -0.05) is 35.3 Å². The van der Waals surface area contributed by atoms with Crippen LogP contribution in [-0.4, -0.2) is 58.2 Å². The Balaban J connectivity index is 2.03. The minimum Gasteiger partial charge on any atom is -0.495 e. The van der Waals surface area contributed by atoms with Gasteiger partial charge in [0.1, 0.15) is 12.3 Å². The van der Waals surface area contributed by atoms with Crippen LogP contribution in [0.2, 0.25) is 10.0 Å². The molecule has 2 aromatic carbocycles. The Hall–Kier alpha value is -2.00. The fourth-order valence-corrected chi connectivity index (χ4v) is 5.32. The molecular weight excluding hydrogens is 463 g/mol. The Labute approximate surface area is 192 Å². The van der Waals surface area contributed by atoms with Gasteiger partial charge in [0.05, 0.1) is 39.9 Å². The van der Waals surface area contributed by atoms with Crippen molar-refractivity contribution in [2.75, 3.05) is 31.0 Å². The fourth-order valence-electron chi connectivity index (χ4n) is 3.50. The molecule has 2 aromatic rings. The number of hydrogen-bond donors (Lipinski definition) is 0. The van der Waals surface area contributed by atoms with Gasteiger partial charge in [-0.15, -0.1) is 0 Å². The third-order valence-corrected chi connectivity index (χ3v) is 7.38. The average Bonchev–Trinajstić information content (AvgIpc) is 2.72. The molecule has 0 saturated carbocycles. The van der Waals surface area contributed by atoms with Gasteiger partial charge in [0.2, 0.25) is 5.91 Å². The summed E-state index contributed by atoms with van der Waals surface area (Å²) in [6.07, 6.45) is -0.279. The molecule has 2 unspecified atom stereocenters. The van der Waals surface area contributed by atoms with Crippen molar-refractivity contribution in [2.45, 2.75) is 31.0 Å². The number of benzene rings is 2. The quantitative estimate of drug-likeness (QED) is 0.619. The number of nitrogens with zero attached hydrogens (tertiary/aromatic N) is 2. The highest BCUT2D eigenvalue weighted by molar-refractivity contribution is 7.92. The lowest BCUT2D eigenvalue weighted by atomic mass is 10.2. The number of halogens is 2. The molecule has 0 aromatic heterocycles. The van der Waals surface area contributed by atoms with Crippen molar-refractivity contribution in [3.63, 3.8) is 0 Å². The molecule has 0 bridgehead atoms. The number of carbonyl (C=O) groups is 1. The number of methoxy groups -OCH3 is 1. The first-order chi connectivity index (χ1) is 14.6. The highest BCUT2D eigenvalue weighted by Gasteiger charge is 2.33. The Morgan fingerprint density at radius 3 is 2.39 bits per heavy atom. The van der Waals surface area contributed by atoms with Crippen LogP contribution in [0.5, 0.6) is 5.75 Å². The van der Waals surface area contributed by atoms with Crippen LogP contribution >= 0.6 is 23.2 Å². The summed E-state index contributed by atoms with van der Waals surface area (Å²) in [5.41, 5.74) is 0.249. The second-order valence-corrected chi connectivity index (χ2v) is 9.99. The van der Waals surface area contributed by atoms with Crippen LogP contribution in [0.15, 0.2) is 47.4 Å². The summed E-state index contributed by atoms with van der Waals surface area (Å²) >= 11 is 12.0. The normalized spacial score (nSPS) is 19.2. The lowest BCUT2D eigenvalue weighted by Gasteiger charge is -2.36. The summed E-state index contributed by atoms with van der Waals surface area (Å²) in [5, 5.41) is 0.335. The molecule has 1 saturated heterocycles. The minimum absolute atomic E-state index is 0.0793. The Kier molecular flexibility index (Phi) is 7.36. The molecule has 10 heteroatoms. The molecule has 2 atom stereocenters. The molecule has 7 nitrogen and oxygen atoms in total. The summed E-state index contributed by atoms with van der Waals surface area (Å²) in [5.74, 6) is -0.0146. The molecule has 1 fully saturated rings. The second-order valence-electron chi connectivity index (χ2n) is 7.32. The number of ether oxygens (including phenoxy) is 2. The fraction of sp³-hybridized carbons (Fsp3) is 0.381. The monoisotopic (exact) mass is 486 g/mol. The summed E-state index contributed by atoms with van der Waals surface area (Å²) in [7, 11) is -2.71. The molecule has 0 aliphatic carbocycles. The van der Waals surface area contributed by atoms with E-state index in [4.69, 9.17) is 32.7 Å². The van der Waals surface area contributed by atoms with E-state index >= 15 is 0 Å². The van der Waals surface area contributed by atoms with Crippen LogP contribution < -0.4 is 9.04 Å². The summed E-state index contributed by atoms with van der Waals surface area (Å²) in [4.78, 5) is 14.7. The van der Waals surface area contributed by atoms with Gasteiger partial charge in [-0.25, -0.2) is 8.42 Å². The number of anilines is 1. The van der Waals surface area contributed by atoms with Gasteiger partial charge in [-0.2, -0.15) is 0 Å². The first-order valence-electron chi connectivity index (χ1n) is 9.67. The molecule has 1 aliphatic heterocycles. The average molecular weight is 487 g/mol. The van der Waals surface area contributed by atoms with Crippen LogP contribution in [0.3, 0.4) is 0 Å². The number of rotatable bonds is 6. The van der Waals surface area contributed by atoms with Crippen molar-refractivity contribution < 1.29 is 22.7 Å². The molecular formula is C21H24Cl2N2O5S. The first kappa shape index (κ1) is 23.7. The molecule has 1 aliphatic rings. The number of sulfonamides is 1. The standard InChI is InChI=1S/C21H24Cl2N2O5S/c1-14-11-24(12-15(2)30-14)21(26)13-25(19-6-4-5-7-20(19)29-3)31(27,28)16-8-9-17(22)18(23)10-16/h4-10,14-15H,11-13H2,1-3H3. The third kappa shape index (κ3) is 5.26. The lowest BCUT2D eigenvalue weighted by Crippen LogP contribution is -2.51. The van der Waals surface area contributed by atoms with Crippen molar-refractivity contribution in [1.82, 2.24) is 4.90 Å². The van der Waals surface area contributed by atoms with Crippen LogP contribution in [0.4, 0.5) is 5.69 Å². The zero-order valence-corrected chi connectivity index (χ0v) is 19.7. The van der Waals surface area contributed by atoms with Crippen molar-refractivity contribution >= 4 is 44.8 Å². The number of morpholine rings is 1. The maximum Gasteiger partial charge on any atom is 0.264 e. The van der Waals surface area contributed by atoms with Crippen molar-refractivity contribution in [3.8, 4) is 5.75 Å². The smallest absolute Gasteiger partial charge is 0.264 e. The minimum atomic E-state index is -4.16. The largest absolute Gasteiger partial charge is 0.495 e. The van der Waals surface area contributed by atoms with Crippen LogP contribution in [0.1, 0.15) is 13.8 Å². The van der Waals surface area contributed by atoms with Crippen LogP contribution in [-0.2, 0) is 19.6 Å². The van der Waals surface area contributed by atoms with Crippen LogP contribution in [0, 0.1) is 0 Å². The summed E-state index contributed by atoms with van der Waals surface area (Å²) in [6.45, 7) is 4.12. The summed E-state index contributed by atoms with van der Waals surface area (Å²) < 4.78 is 39.3. The van der Waals surface area contributed by atoms with E-state index in [-0.39, 0.29) is 38.7 Å². The Morgan fingerprint density at radius 2 is 1.77 bits per heavy atom. The van der Waals surface area contributed by atoms with E-state index < -0.39 is 16.6 Å². The Bertz CT molecular complexity index is 1050. The number of hydrogen-bond acceptors (Lipinski definition) is 5. The lowest BCUT2D eigenvalue weighted by molar-refractivity contribution is -0.141. The predicted molar refractivity (Wildman–Crippen MR) is 121 cm³/mol. The van der Waals surface area contributed by atoms with E-state index in [2.05, 4.69) is 0 Å². The van der Waals surface area contributed by atoms with Gasteiger partial charge in [-0.05, 0) is 44.2 Å². The Morgan fingerprint density at radius 1 is 1.13 bits per heavy atom. The first-order valence-corrected chi connectivity index (χ1v) is 11.9. The third-order valence-electron chi connectivity index (χ3n) is 4.88. The number of amides is 1. The van der Waals surface area contributed by atoms with Gasteiger partial charge < -0.3 is 14.4 Å². The van der Waals surface area contributed by atoms with E-state index in [0.717, 1.165) is 4.31 Å². The SMILES string of the molecule is COc1ccccc1N(CC(=O)N1CC(C)OC(C)C1)S(=O)(=O)c1ccc(Cl)c(Cl)c1. The van der Waals surface area contributed by atoms with E-state index in [1.165, 1.54) is 25.3 Å². The molecule has 1 heterocycles. The molecule has 0 N–H and O–H groups in total. The van der Waals surface area contributed by atoms with E-state index in [1.807, 2.05) is 13.8 Å². The van der Waals surface area contributed by atoms with Crippen molar-refractivity contribution in [2.24, 2.45) is 0 Å². The maximum atomic E-state index is 13.6. The van der Waals surface area contributed by atoms with Crippen LogP contribution in [0.25, 0.3) is 0 Å². The number of carbonyl (C=O) groups excluding carboxylic acids is 1. The molecule has 0 spiro atoms. The van der Waals surface area contributed by atoms with Gasteiger partial charge >= 0.3 is 0 Å². The second kappa shape index (κ2) is 9.65. The molecule has 1 amide bonds. The number of para-hydroxylation sites is 2. The van der Waals surface area contributed by atoms with Gasteiger partial charge in [0, 0.05) is 13.1 Å². The zero-order valence-electron chi connectivity index (χ0n) is 17.4. The summed E-state index contributed by atoms with van der Waals surface area (Å²) in [6, 6.07) is 10.7. The molecule has 31 heavy (non-hydrogen) atoms. The van der Waals surface area contributed by atoms with Gasteiger partial charge in [-0.3, -0.25) is 9.10 Å². The molecule has 0 radical (unpaired) electrons. The predicted octanol–water partition coefficient (Wildman–Crippen LogP) is 3.83. The highest BCUT2D eigenvalue weighted by Crippen LogP contribution is 2.34. The van der Waals surface area contributed by atoms with Gasteiger partial charge in [0.25, 0.3) is 10.0 Å². The van der Waals surface area contributed by atoms with Crippen molar-refractivity contribution in [1.29, 1.82) is 0 Å². The van der Waals surface area contributed by atoms with E-state index in [0.29, 0.717) is 18.8 Å². The van der Waals surface area contributed by atoms with E-state index in [9.17, 15) is 13.2 Å². The maximum absolute atomic E-state index is 13.6. The molecule has 3 rings (SSSR count).